The van der Waals surface area contributed by atoms with E-state index in [-0.39, 0.29) is 6.04 Å². The Hall–Kier alpha value is -1.26. The summed E-state index contributed by atoms with van der Waals surface area (Å²) in [6.07, 6.45) is 1.17. The van der Waals surface area contributed by atoms with E-state index >= 15 is 0 Å². The molecule has 1 aliphatic heterocycles. The molecule has 3 atom stereocenters. The molecule has 0 aliphatic carbocycles. The van der Waals surface area contributed by atoms with Crippen LogP contribution in [0.3, 0.4) is 0 Å². The second kappa shape index (κ2) is 6.46. The lowest BCUT2D eigenvalue weighted by Crippen LogP contribution is -2.48. The zero-order chi connectivity index (χ0) is 14.7. The number of benzene rings is 1. The molecular formula is C16H26N2O2. The van der Waals surface area contributed by atoms with Crippen molar-refractivity contribution in [1.29, 1.82) is 0 Å². The lowest BCUT2D eigenvalue weighted by atomic mass is 9.92. The Kier molecular flexibility index (Phi) is 4.89. The summed E-state index contributed by atoms with van der Waals surface area (Å²) in [5.41, 5.74) is 7.44. The van der Waals surface area contributed by atoms with E-state index in [0.717, 1.165) is 24.6 Å². The molecule has 1 saturated heterocycles. The number of piperidine rings is 1. The summed E-state index contributed by atoms with van der Waals surface area (Å²) >= 11 is 0. The van der Waals surface area contributed by atoms with Crippen LogP contribution in [-0.2, 0) is 0 Å². The number of ether oxygens (including phenoxy) is 2. The first-order valence-corrected chi connectivity index (χ1v) is 7.28. The van der Waals surface area contributed by atoms with Crippen LogP contribution < -0.4 is 15.2 Å². The van der Waals surface area contributed by atoms with Gasteiger partial charge in [0.05, 0.1) is 14.2 Å². The van der Waals surface area contributed by atoms with Crippen LogP contribution in [0, 0.1) is 5.92 Å². The molecule has 0 amide bonds. The van der Waals surface area contributed by atoms with Crippen LogP contribution in [0.25, 0.3) is 0 Å². The Morgan fingerprint density at radius 3 is 2.55 bits per heavy atom. The Morgan fingerprint density at radius 2 is 1.95 bits per heavy atom. The third-order valence-electron chi connectivity index (χ3n) is 4.49. The molecule has 1 aromatic carbocycles. The van der Waals surface area contributed by atoms with Gasteiger partial charge in [-0.05, 0) is 43.5 Å². The van der Waals surface area contributed by atoms with E-state index in [2.05, 4.69) is 30.9 Å². The number of methoxy groups -OCH3 is 2. The van der Waals surface area contributed by atoms with Crippen LogP contribution in [0.1, 0.15) is 31.9 Å². The van der Waals surface area contributed by atoms with Crippen molar-refractivity contribution in [2.24, 2.45) is 11.7 Å². The predicted molar refractivity (Wildman–Crippen MR) is 81.3 cm³/mol. The fourth-order valence-electron chi connectivity index (χ4n) is 2.80. The smallest absolute Gasteiger partial charge is 0.161 e. The van der Waals surface area contributed by atoms with Crippen LogP contribution in [-0.4, -0.2) is 38.3 Å². The van der Waals surface area contributed by atoms with E-state index in [0.29, 0.717) is 12.0 Å². The molecule has 2 rings (SSSR count). The second-order valence-corrected chi connectivity index (χ2v) is 5.72. The molecule has 3 unspecified atom stereocenters. The molecule has 0 saturated carbocycles. The van der Waals surface area contributed by atoms with E-state index in [1.54, 1.807) is 14.2 Å². The summed E-state index contributed by atoms with van der Waals surface area (Å²) in [6, 6.07) is 6.75. The third kappa shape index (κ3) is 3.07. The Bertz CT molecular complexity index is 450. The van der Waals surface area contributed by atoms with Gasteiger partial charge in [0, 0.05) is 18.6 Å². The van der Waals surface area contributed by atoms with Crippen LogP contribution in [0.2, 0.25) is 0 Å². The highest BCUT2D eigenvalue weighted by Gasteiger charge is 2.27. The van der Waals surface area contributed by atoms with Crippen molar-refractivity contribution >= 4 is 0 Å². The highest BCUT2D eigenvalue weighted by Crippen LogP contribution is 2.33. The van der Waals surface area contributed by atoms with Crippen molar-refractivity contribution in [3.63, 3.8) is 0 Å². The average molecular weight is 278 g/mol. The van der Waals surface area contributed by atoms with E-state index in [1.807, 2.05) is 6.07 Å². The first-order valence-electron chi connectivity index (χ1n) is 7.28. The van der Waals surface area contributed by atoms with Crippen LogP contribution in [0.4, 0.5) is 0 Å². The summed E-state index contributed by atoms with van der Waals surface area (Å²) < 4.78 is 10.7. The van der Waals surface area contributed by atoms with Crippen molar-refractivity contribution in [2.75, 3.05) is 27.3 Å². The molecule has 112 valence electrons. The predicted octanol–water partition coefficient (Wildman–Crippen LogP) is 2.43. The van der Waals surface area contributed by atoms with Gasteiger partial charge in [0.15, 0.2) is 11.5 Å². The fourth-order valence-corrected chi connectivity index (χ4v) is 2.80. The monoisotopic (exact) mass is 278 g/mol. The molecule has 0 radical (unpaired) electrons. The number of likely N-dealkylation sites (tertiary alicyclic amines) is 1. The van der Waals surface area contributed by atoms with Gasteiger partial charge in [-0.1, -0.05) is 13.0 Å². The minimum Gasteiger partial charge on any atom is -0.493 e. The summed E-state index contributed by atoms with van der Waals surface area (Å²) in [5, 5.41) is 0. The van der Waals surface area contributed by atoms with Crippen molar-refractivity contribution in [3.05, 3.63) is 23.8 Å². The summed E-state index contributed by atoms with van der Waals surface area (Å²) in [4.78, 5) is 2.45. The quantitative estimate of drug-likeness (QED) is 0.919. The van der Waals surface area contributed by atoms with Gasteiger partial charge in [0.1, 0.15) is 0 Å². The van der Waals surface area contributed by atoms with E-state index in [9.17, 15) is 0 Å². The molecule has 4 nitrogen and oxygen atoms in total. The fraction of sp³-hybridized carbons (Fsp3) is 0.625. The molecule has 0 bridgehead atoms. The zero-order valence-corrected chi connectivity index (χ0v) is 12.9. The maximum atomic E-state index is 6.20. The second-order valence-electron chi connectivity index (χ2n) is 5.72. The van der Waals surface area contributed by atoms with Gasteiger partial charge in [0.2, 0.25) is 0 Å². The largest absolute Gasteiger partial charge is 0.493 e. The molecule has 0 aromatic heterocycles. The highest BCUT2D eigenvalue weighted by molar-refractivity contribution is 5.43. The molecule has 1 fully saturated rings. The summed E-state index contributed by atoms with van der Waals surface area (Å²) in [5.74, 6) is 2.17. The lowest BCUT2D eigenvalue weighted by molar-refractivity contribution is 0.128. The zero-order valence-electron chi connectivity index (χ0n) is 12.9. The molecule has 20 heavy (non-hydrogen) atoms. The van der Waals surface area contributed by atoms with Crippen molar-refractivity contribution < 1.29 is 9.47 Å². The van der Waals surface area contributed by atoms with Crippen molar-refractivity contribution in [1.82, 2.24) is 4.90 Å². The standard InChI is InChI=1S/C16H26N2O2/c1-11-7-8-18(10-14(11)17)12(2)13-5-6-15(19-3)16(9-13)20-4/h5-6,9,11-12,14H,7-8,10,17H2,1-4H3. The SMILES string of the molecule is COc1ccc(C(C)N2CCC(C)C(N)C2)cc1OC. The summed E-state index contributed by atoms with van der Waals surface area (Å²) in [6.45, 7) is 6.52. The highest BCUT2D eigenvalue weighted by atomic mass is 16.5. The number of hydrogen-bond acceptors (Lipinski definition) is 4. The minimum absolute atomic E-state index is 0.270. The number of rotatable bonds is 4. The number of nitrogens with two attached hydrogens (primary N) is 1. The molecule has 0 spiro atoms. The maximum absolute atomic E-state index is 6.20. The van der Waals surface area contributed by atoms with Gasteiger partial charge in [0.25, 0.3) is 0 Å². The topological polar surface area (TPSA) is 47.7 Å². The molecular weight excluding hydrogens is 252 g/mol. The number of hydrogen-bond donors (Lipinski definition) is 1. The van der Waals surface area contributed by atoms with Gasteiger partial charge in [-0.15, -0.1) is 0 Å². The van der Waals surface area contributed by atoms with Gasteiger partial charge < -0.3 is 15.2 Å². The molecule has 1 aromatic rings. The molecule has 1 aliphatic rings. The maximum Gasteiger partial charge on any atom is 0.161 e. The van der Waals surface area contributed by atoms with Crippen LogP contribution in [0.5, 0.6) is 11.5 Å². The van der Waals surface area contributed by atoms with Crippen molar-refractivity contribution in [2.45, 2.75) is 32.4 Å². The van der Waals surface area contributed by atoms with E-state index < -0.39 is 0 Å². The van der Waals surface area contributed by atoms with Gasteiger partial charge in [-0.2, -0.15) is 0 Å². The Balaban J connectivity index is 2.14. The average Bonchev–Trinajstić information content (AvgIpc) is 2.48. The molecule has 4 heteroatoms. The number of nitrogens with zero attached hydrogens (tertiary/aromatic N) is 1. The third-order valence-corrected chi connectivity index (χ3v) is 4.49. The van der Waals surface area contributed by atoms with E-state index in [1.165, 1.54) is 12.0 Å². The minimum atomic E-state index is 0.270. The van der Waals surface area contributed by atoms with Crippen LogP contribution in [0.15, 0.2) is 18.2 Å². The molecule has 2 N–H and O–H groups in total. The summed E-state index contributed by atoms with van der Waals surface area (Å²) in [7, 11) is 3.33. The Labute approximate surface area is 121 Å². The first kappa shape index (κ1) is 15.1. The van der Waals surface area contributed by atoms with Crippen molar-refractivity contribution in [3.8, 4) is 11.5 Å². The van der Waals surface area contributed by atoms with Gasteiger partial charge >= 0.3 is 0 Å². The molecule has 1 heterocycles. The van der Waals surface area contributed by atoms with Crippen LogP contribution >= 0.6 is 0 Å². The normalized spacial score (nSPS) is 25.2. The van der Waals surface area contributed by atoms with Gasteiger partial charge in [-0.25, -0.2) is 0 Å². The lowest BCUT2D eigenvalue weighted by Gasteiger charge is -2.39. The Morgan fingerprint density at radius 1 is 1.25 bits per heavy atom. The van der Waals surface area contributed by atoms with E-state index in [4.69, 9.17) is 15.2 Å². The first-order chi connectivity index (χ1) is 9.56. The van der Waals surface area contributed by atoms with Gasteiger partial charge in [-0.3, -0.25) is 4.90 Å².